The largest absolute Gasteiger partial charge is 0.360 e. The third-order valence-corrected chi connectivity index (χ3v) is 4.19. The third kappa shape index (κ3) is 3.19. The van der Waals surface area contributed by atoms with Gasteiger partial charge in [0.25, 0.3) is 0 Å². The van der Waals surface area contributed by atoms with Crippen LogP contribution < -0.4 is 5.32 Å². The quantitative estimate of drug-likeness (QED) is 0.835. The molecule has 0 saturated heterocycles. The number of nitrogens with zero attached hydrogens (tertiary/aromatic N) is 1. The Kier molecular flexibility index (Phi) is 4.18. The lowest BCUT2D eigenvalue weighted by atomic mass is 10.2. The van der Waals surface area contributed by atoms with Gasteiger partial charge in [-0.3, -0.25) is 0 Å². The second kappa shape index (κ2) is 5.64. The Morgan fingerprint density at radius 1 is 1.56 bits per heavy atom. The molecule has 0 spiro atoms. The van der Waals surface area contributed by atoms with Crippen molar-refractivity contribution in [1.82, 2.24) is 10.2 Å². The normalized spacial score (nSPS) is 16.3. The van der Waals surface area contributed by atoms with E-state index in [2.05, 4.69) is 34.1 Å². The molecule has 4 heteroatoms. The molecule has 0 bridgehead atoms. The number of hydrogen-bond acceptors (Lipinski definition) is 2. The Hall–Kier alpha value is -0.610. The zero-order chi connectivity index (χ0) is 11.4. The van der Waals surface area contributed by atoms with Gasteiger partial charge >= 0.3 is 0 Å². The van der Waals surface area contributed by atoms with Gasteiger partial charge in [0, 0.05) is 19.6 Å². The molecule has 1 aromatic rings. The number of rotatable bonds is 3. The Morgan fingerprint density at radius 3 is 2.94 bits per heavy atom. The van der Waals surface area contributed by atoms with Crippen LogP contribution in [0.3, 0.4) is 0 Å². The average molecular weight is 254 g/mol. The molecular weight excluding hydrogens is 236 g/mol. The van der Waals surface area contributed by atoms with E-state index in [4.69, 9.17) is 12.2 Å². The molecule has 1 aromatic heterocycles. The van der Waals surface area contributed by atoms with E-state index in [1.807, 2.05) is 0 Å². The summed E-state index contributed by atoms with van der Waals surface area (Å²) in [6.07, 6.45) is 5.22. The lowest BCUT2D eigenvalue weighted by Gasteiger charge is -2.23. The van der Waals surface area contributed by atoms with Gasteiger partial charge in [0.05, 0.1) is 0 Å². The fourth-order valence-corrected chi connectivity index (χ4v) is 2.97. The molecule has 88 valence electrons. The van der Waals surface area contributed by atoms with Gasteiger partial charge in [0.15, 0.2) is 5.11 Å². The first kappa shape index (κ1) is 11.9. The average Bonchev–Trinajstić information content (AvgIpc) is 2.90. The van der Waals surface area contributed by atoms with Crippen molar-refractivity contribution in [3.63, 3.8) is 0 Å². The first-order valence-electron chi connectivity index (χ1n) is 5.78. The van der Waals surface area contributed by atoms with Gasteiger partial charge in [-0.15, -0.1) is 0 Å². The molecule has 2 rings (SSSR count). The summed E-state index contributed by atoms with van der Waals surface area (Å²) < 4.78 is 0. The maximum Gasteiger partial charge on any atom is 0.169 e. The molecular formula is C12H18N2S2. The van der Waals surface area contributed by atoms with E-state index in [-0.39, 0.29) is 0 Å². The topological polar surface area (TPSA) is 15.3 Å². The van der Waals surface area contributed by atoms with Gasteiger partial charge in [-0.05, 0) is 47.4 Å². The molecule has 0 amide bonds. The molecule has 1 saturated carbocycles. The van der Waals surface area contributed by atoms with Crippen molar-refractivity contribution in [3.8, 4) is 0 Å². The van der Waals surface area contributed by atoms with Gasteiger partial charge in [-0.25, -0.2) is 0 Å². The highest BCUT2D eigenvalue weighted by atomic mass is 32.1. The van der Waals surface area contributed by atoms with Crippen molar-refractivity contribution >= 4 is 28.7 Å². The summed E-state index contributed by atoms with van der Waals surface area (Å²) in [5.74, 6) is 0. The van der Waals surface area contributed by atoms with Crippen molar-refractivity contribution in [2.24, 2.45) is 0 Å². The molecule has 0 aromatic carbocycles. The third-order valence-electron chi connectivity index (χ3n) is 3.03. The van der Waals surface area contributed by atoms with E-state index < -0.39 is 0 Å². The molecule has 2 nitrogen and oxygen atoms in total. The molecule has 1 fully saturated rings. The van der Waals surface area contributed by atoms with Gasteiger partial charge in [0.2, 0.25) is 0 Å². The van der Waals surface area contributed by atoms with Crippen LogP contribution in [0.15, 0.2) is 16.8 Å². The van der Waals surface area contributed by atoms with Crippen LogP contribution in [0, 0.1) is 0 Å². The zero-order valence-corrected chi connectivity index (χ0v) is 11.2. The molecule has 0 aliphatic heterocycles. The van der Waals surface area contributed by atoms with Crippen LogP contribution in [0.1, 0.15) is 31.2 Å². The minimum Gasteiger partial charge on any atom is -0.360 e. The number of nitrogens with one attached hydrogen (secondary N) is 1. The van der Waals surface area contributed by atoms with Crippen molar-refractivity contribution in [2.45, 2.75) is 38.3 Å². The van der Waals surface area contributed by atoms with Crippen molar-refractivity contribution in [1.29, 1.82) is 0 Å². The molecule has 16 heavy (non-hydrogen) atoms. The Morgan fingerprint density at radius 2 is 2.31 bits per heavy atom. The maximum atomic E-state index is 5.40. The highest BCUT2D eigenvalue weighted by molar-refractivity contribution is 7.80. The molecule has 1 aliphatic rings. The summed E-state index contributed by atoms with van der Waals surface area (Å²) in [5, 5.41) is 8.62. The van der Waals surface area contributed by atoms with Crippen molar-refractivity contribution in [2.75, 3.05) is 7.05 Å². The Balaban J connectivity index is 1.79. The smallest absolute Gasteiger partial charge is 0.169 e. The van der Waals surface area contributed by atoms with Crippen LogP contribution in [0.2, 0.25) is 0 Å². The van der Waals surface area contributed by atoms with E-state index in [0.717, 1.165) is 11.7 Å². The maximum absolute atomic E-state index is 5.40. The highest BCUT2D eigenvalue weighted by Gasteiger charge is 2.16. The lowest BCUT2D eigenvalue weighted by molar-refractivity contribution is 0.472. The summed E-state index contributed by atoms with van der Waals surface area (Å²) in [6, 6.07) is 2.76. The highest BCUT2D eigenvalue weighted by Crippen LogP contribution is 2.18. The fourth-order valence-electron chi connectivity index (χ4n) is 2.08. The molecule has 0 atom stereocenters. The summed E-state index contributed by atoms with van der Waals surface area (Å²) in [7, 11) is 2.06. The van der Waals surface area contributed by atoms with Gasteiger partial charge in [-0.1, -0.05) is 12.8 Å². The predicted molar refractivity (Wildman–Crippen MR) is 73.8 cm³/mol. The lowest BCUT2D eigenvalue weighted by Crippen LogP contribution is -2.41. The van der Waals surface area contributed by atoms with Gasteiger partial charge in [0.1, 0.15) is 0 Å². The second-order valence-electron chi connectivity index (χ2n) is 4.42. The summed E-state index contributed by atoms with van der Waals surface area (Å²) in [5.41, 5.74) is 1.34. The zero-order valence-electron chi connectivity index (χ0n) is 9.61. The molecule has 0 radical (unpaired) electrons. The Labute approximate surface area is 107 Å². The molecule has 1 heterocycles. The second-order valence-corrected chi connectivity index (χ2v) is 5.59. The van der Waals surface area contributed by atoms with Crippen LogP contribution in [0.5, 0.6) is 0 Å². The van der Waals surface area contributed by atoms with Crippen LogP contribution in [0.25, 0.3) is 0 Å². The van der Waals surface area contributed by atoms with Gasteiger partial charge in [-0.2, -0.15) is 11.3 Å². The number of hydrogen-bond donors (Lipinski definition) is 1. The van der Waals surface area contributed by atoms with Crippen LogP contribution in [0.4, 0.5) is 0 Å². The predicted octanol–water partition coefficient (Wildman–Crippen LogP) is 3.00. The van der Waals surface area contributed by atoms with Crippen molar-refractivity contribution in [3.05, 3.63) is 22.4 Å². The van der Waals surface area contributed by atoms with E-state index in [9.17, 15) is 0 Å². The monoisotopic (exact) mass is 254 g/mol. The van der Waals surface area contributed by atoms with Gasteiger partial charge < -0.3 is 10.2 Å². The summed E-state index contributed by atoms with van der Waals surface area (Å²) in [4.78, 5) is 2.12. The summed E-state index contributed by atoms with van der Waals surface area (Å²) in [6.45, 7) is 0.905. The number of thiocarbonyl (C=S) groups is 1. The molecule has 0 unspecified atom stereocenters. The summed E-state index contributed by atoms with van der Waals surface area (Å²) >= 11 is 7.14. The minimum absolute atomic E-state index is 0.609. The molecule has 1 aliphatic carbocycles. The van der Waals surface area contributed by atoms with E-state index in [1.54, 1.807) is 11.3 Å². The van der Waals surface area contributed by atoms with Crippen LogP contribution >= 0.6 is 23.6 Å². The Bertz CT molecular complexity index is 329. The van der Waals surface area contributed by atoms with E-state index in [1.165, 1.54) is 31.2 Å². The number of thiophene rings is 1. The van der Waals surface area contributed by atoms with Crippen LogP contribution in [-0.2, 0) is 6.54 Å². The fraction of sp³-hybridized carbons (Fsp3) is 0.583. The first-order valence-corrected chi connectivity index (χ1v) is 7.13. The van der Waals surface area contributed by atoms with E-state index in [0.29, 0.717) is 6.04 Å². The minimum atomic E-state index is 0.609. The van der Waals surface area contributed by atoms with E-state index >= 15 is 0 Å². The molecule has 1 N–H and O–H groups in total. The van der Waals surface area contributed by atoms with Crippen LogP contribution in [-0.4, -0.2) is 23.1 Å². The SMILES string of the molecule is CN(Cc1ccsc1)C(=S)NC1CCCC1. The van der Waals surface area contributed by atoms with Crippen molar-refractivity contribution < 1.29 is 0 Å². The standard InChI is InChI=1S/C12H18N2S2/c1-14(8-10-6-7-16-9-10)12(15)13-11-4-2-3-5-11/h6-7,9,11H,2-5,8H2,1H3,(H,13,15). The first-order chi connectivity index (χ1) is 7.75.